The van der Waals surface area contributed by atoms with E-state index in [0.717, 1.165) is 0 Å². The fourth-order valence-electron chi connectivity index (χ4n) is 0.292. The van der Waals surface area contributed by atoms with Crippen molar-refractivity contribution in [2.75, 3.05) is 0 Å². The Hall–Kier alpha value is -2.02. The topological polar surface area (TPSA) is 0 Å². The van der Waals surface area contributed by atoms with Crippen molar-refractivity contribution in [3.8, 4) is 41.4 Å². The van der Waals surface area contributed by atoms with Crippen molar-refractivity contribution in [2.45, 2.75) is 6.42 Å². The Morgan fingerprint density at radius 1 is 1.09 bits per heavy atom. The molecule has 0 aliphatic rings. The zero-order valence-electron chi connectivity index (χ0n) is 5.99. The first-order chi connectivity index (χ1) is 5.41. The van der Waals surface area contributed by atoms with Gasteiger partial charge < -0.3 is 0 Å². The molecule has 0 rings (SSSR count). The van der Waals surface area contributed by atoms with Gasteiger partial charge in [-0.05, 0) is 41.9 Å². The summed E-state index contributed by atoms with van der Waals surface area (Å²) in [5.74, 6) is 16.8. The third-order valence-electron chi connectivity index (χ3n) is 0.647. The van der Waals surface area contributed by atoms with Crippen molar-refractivity contribution in [3.05, 3.63) is 19.1 Å². The van der Waals surface area contributed by atoms with Crippen LogP contribution in [0.5, 0.6) is 0 Å². The molecule has 11 heavy (non-hydrogen) atoms. The summed E-state index contributed by atoms with van der Waals surface area (Å²) in [7, 11) is 0. The third kappa shape index (κ3) is 7.98. The van der Waals surface area contributed by atoms with E-state index in [1.807, 2.05) is 5.92 Å². The van der Waals surface area contributed by atoms with Gasteiger partial charge in [0.05, 0.1) is 0 Å². The summed E-state index contributed by atoms with van der Waals surface area (Å²) in [6.07, 6.45) is 8.75. The van der Waals surface area contributed by atoms with Crippen LogP contribution in [0, 0.1) is 47.9 Å². The molecule has 0 spiro atoms. The van der Waals surface area contributed by atoms with Crippen molar-refractivity contribution >= 4 is 0 Å². The molecule has 0 bridgehead atoms. The zero-order valence-corrected chi connectivity index (χ0v) is 5.99. The normalized spacial score (nSPS) is 4.64. The molecular weight excluding hydrogens is 132 g/mol. The Morgan fingerprint density at radius 2 is 1.73 bits per heavy atom. The van der Waals surface area contributed by atoms with Crippen molar-refractivity contribution in [1.82, 2.24) is 0 Å². The molecule has 0 saturated heterocycles. The van der Waals surface area contributed by atoms with Crippen LogP contribution in [0.3, 0.4) is 0 Å². The molecule has 0 amide bonds. The minimum Gasteiger partial charge on any atom is -0.102 e. The second-order valence-electron chi connectivity index (χ2n) is 1.42. The van der Waals surface area contributed by atoms with E-state index >= 15 is 0 Å². The first kappa shape index (κ1) is 8.98. The average molecular weight is 137 g/mol. The number of hydrogen-bond acceptors (Lipinski definition) is 0. The Kier molecular flexibility index (Phi) is 6.51. The monoisotopic (exact) mass is 137 g/mol. The van der Waals surface area contributed by atoms with E-state index in [4.69, 9.17) is 6.42 Å². The molecule has 0 aliphatic carbocycles. The van der Waals surface area contributed by atoms with E-state index in [-0.39, 0.29) is 0 Å². The molecule has 0 atom stereocenters. The lowest BCUT2D eigenvalue weighted by Crippen LogP contribution is -1.55. The van der Waals surface area contributed by atoms with Crippen LogP contribution in [-0.4, -0.2) is 0 Å². The van der Waals surface area contributed by atoms with Gasteiger partial charge in [0.2, 0.25) is 0 Å². The SMILES string of the molecule is [C]#CC#CC#CC#CCC=C. The van der Waals surface area contributed by atoms with Crippen molar-refractivity contribution in [2.24, 2.45) is 0 Å². The predicted molar refractivity (Wildman–Crippen MR) is 45.3 cm³/mol. The van der Waals surface area contributed by atoms with Gasteiger partial charge in [-0.2, -0.15) is 0 Å². The van der Waals surface area contributed by atoms with Crippen LogP contribution in [0.15, 0.2) is 12.7 Å². The molecule has 0 aliphatic heterocycles. The van der Waals surface area contributed by atoms with Crippen LogP contribution < -0.4 is 0 Å². The molecule has 0 unspecified atom stereocenters. The van der Waals surface area contributed by atoms with E-state index in [9.17, 15) is 0 Å². The van der Waals surface area contributed by atoms with Crippen LogP contribution in [-0.2, 0) is 0 Å². The molecule has 0 heterocycles. The van der Waals surface area contributed by atoms with Gasteiger partial charge in [0.1, 0.15) is 0 Å². The first-order valence-corrected chi connectivity index (χ1v) is 2.92. The molecule has 0 aromatic rings. The van der Waals surface area contributed by atoms with E-state index in [0.29, 0.717) is 6.42 Å². The maximum Gasteiger partial charge on any atom is 0.0277 e. The van der Waals surface area contributed by atoms with Gasteiger partial charge in [-0.3, -0.25) is 0 Å². The lowest BCUT2D eigenvalue weighted by atomic mass is 10.4. The summed E-state index contributed by atoms with van der Waals surface area (Å²) in [6, 6.07) is 0. The van der Waals surface area contributed by atoms with Crippen LogP contribution >= 0.6 is 0 Å². The van der Waals surface area contributed by atoms with E-state index < -0.39 is 0 Å². The van der Waals surface area contributed by atoms with Crippen LogP contribution in [0.4, 0.5) is 0 Å². The van der Waals surface area contributed by atoms with Crippen molar-refractivity contribution in [1.29, 1.82) is 0 Å². The molecule has 0 aromatic carbocycles. The predicted octanol–water partition coefficient (Wildman–Crippen LogP) is 1.16. The van der Waals surface area contributed by atoms with Crippen LogP contribution in [0.25, 0.3) is 0 Å². The van der Waals surface area contributed by atoms with Gasteiger partial charge >= 0.3 is 0 Å². The number of rotatable bonds is 1. The maximum atomic E-state index is 6.41. The summed E-state index contributed by atoms with van der Waals surface area (Å²) in [5, 5.41) is 0. The van der Waals surface area contributed by atoms with Gasteiger partial charge in [-0.1, -0.05) is 12.0 Å². The summed E-state index contributed by atoms with van der Waals surface area (Å²) >= 11 is 0. The lowest BCUT2D eigenvalue weighted by molar-refractivity contribution is 1.49. The highest BCUT2D eigenvalue weighted by Gasteiger charge is 1.59. The summed E-state index contributed by atoms with van der Waals surface area (Å²) in [5.41, 5.74) is 0. The Labute approximate surface area is 67.7 Å². The largest absolute Gasteiger partial charge is 0.102 e. The quantitative estimate of drug-likeness (QED) is 0.376. The highest BCUT2D eigenvalue weighted by molar-refractivity contribution is 5.38. The molecule has 0 nitrogen and oxygen atoms in total. The van der Waals surface area contributed by atoms with E-state index in [1.54, 1.807) is 6.08 Å². The maximum absolute atomic E-state index is 6.41. The highest BCUT2D eigenvalue weighted by atomic mass is 13.6. The van der Waals surface area contributed by atoms with Gasteiger partial charge in [0.25, 0.3) is 0 Å². The van der Waals surface area contributed by atoms with Crippen LogP contribution in [0.1, 0.15) is 6.42 Å². The minimum absolute atomic E-state index is 0.638. The second kappa shape index (κ2) is 7.98. The highest BCUT2D eigenvalue weighted by Crippen LogP contribution is 1.70. The standard InChI is InChI=1S/C11H5/c1-3-5-7-9-11-10-8-6-4-2/h3H,1,5H2. The van der Waals surface area contributed by atoms with E-state index in [2.05, 4.69) is 42.1 Å². The second-order valence-corrected chi connectivity index (χ2v) is 1.42. The van der Waals surface area contributed by atoms with Gasteiger partial charge in [-0.25, -0.2) is 0 Å². The smallest absolute Gasteiger partial charge is 0.0277 e. The molecular formula is C11H5. The molecule has 0 heteroatoms. The Morgan fingerprint density at radius 3 is 2.36 bits per heavy atom. The summed E-state index contributed by atoms with van der Waals surface area (Å²) in [4.78, 5) is 0. The summed E-state index contributed by atoms with van der Waals surface area (Å²) < 4.78 is 0. The lowest BCUT2D eigenvalue weighted by Gasteiger charge is -1.64. The third-order valence-corrected chi connectivity index (χ3v) is 0.647. The molecule has 1 radical (unpaired) electrons. The van der Waals surface area contributed by atoms with Crippen LogP contribution in [0.2, 0.25) is 0 Å². The molecule has 0 fully saturated rings. The average Bonchev–Trinajstić information content (AvgIpc) is 2.03. The van der Waals surface area contributed by atoms with Gasteiger partial charge in [0.15, 0.2) is 0 Å². The fraction of sp³-hybridized carbons (Fsp3) is 0.0909. The number of allylic oxidation sites excluding steroid dienone is 1. The molecule has 0 N–H and O–H groups in total. The Balaban J connectivity index is 3.86. The summed E-state index contributed by atoms with van der Waals surface area (Å²) in [6.45, 7) is 3.49. The van der Waals surface area contributed by atoms with Crippen molar-refractivity contribution < 1.29 is 0 Å². The van der Waals surface area contributed by atoms with Crippen molar-refractivity contribution in [3.63, 3.8) is 0 Å². The molecule has 0 aromatic heterocycles. The minimum atomic E-state index is 0.638. The molecule has 49 valence electrons. The number of hydrogen-bond donors (Lipinski definition) is 0. The van der Waals surface area contributed by atoms with Gasteiger partial charge in [-0.15, -0.1) is 6.58 Å². The zero-order chi connectivity index (χ0) is 8.36. The first-order valence-electron chi connectivity index (χ1n) is 2.92. The van der Waals surface area contributed by atoms with Gasteiger partial charge in [0, 0.05) is 6.42 Å². The Bertz CT molecular complexity index is 331. The molecule has 0 saturated carbocycles. The van der Waals surface area contributed by atoms with E-state index in [1.165, 1.54) is 0 Å². The fourth-order valence-corrected chi connectivity index (χ4v) is 0.292.